The van der Waals surface area contributed by atoms with Gasteiger partial charge in [-0.05, 0) is 37.3 Å². The molecule has 0 spiro atoms. The number of nitrogens with zero attached hydrogens (tertiary/aromatic N) is 8. The molecule has 6 aromatic rings. The number of halogens is 2. The molecule has 2 N–H and O–H groups in total. The fraction of sp³-hybridized carbons (Fsp3) is 0.120. The molecule has 0 amide bonds. The van der Waals surface area contributed by atoms with E-state index in [0.29, 0.717) is 44.5 Å². The van der Waals surface area contributed by atoms with Gasteiger partial charge in [-0.25, -0.2) is 28.4 Å². The number of aromatic nitrogens is 8. The van der Waals surface area contributed by atoms with Gasteiger partial charge in [-0.15, -0.1) is 0 Å². The van der Waals surface area contributed by atoms with Crippen molar-refractivity contribution in [3.63, 3.8) is 0 Å². The normalized spacial score (nSPS) is 12.4. The number of pyridine rings is 2. The molecule has 178 valence electrons. The van der Waals surface area contributed by atoms with Crippen LogP contribution in [-0.4, -0.2) is 39.5 Å². The van der Waals surface area contributed by atoms with Crippen LogP contribution in [0.25, 0.3) is 44.3 Å². The highest BCUT2D eigenvalue weighted by Gasteiger charge is 2.25. The summed E-state index contributed by atoms with van der Waals surface area (Å²) in [5, 5.41) is 10.3. The Kier molecular flexibility index (Phi) is 4.92. The largest absolute Gasteiger partial charge is 0.383 e. The Morgan fingerprint density at radius 3 is 2.61 bits per heavy atom. The molecule has 0 bridgehead atoms. The van der Waals surface area contributed by atoms with E-state index in [1.54, 1.807) is 33.9 Å². The lowest BCUT2D eigenvalue weighted by molar-refractivity contribution is 0.569. The molecule has 0 radical (unpaired) electrons. The summed E-state index contributed by atoms with van der Waals surface area (Å²) in [5.41, 5.74) is 10.4. The third-order valence-electron chi connectivity index (χ3n) is 6.08. The van der Waals surface area contributed by atoms with Crippen LogP contribution in [-0.2, 0) is 7.05 Å². The van der Waals surface area contributed by atoms with Crippen molar-refractivity contribution in [2.24, 2.45) is 7.05 Å². The lowest BCUT2D eigenvalue weighted by atomic mass is 9.99. The van der Waals surface area contributed by atoms with Crippen LogP contribution in [0.5, 0.6) is 0 Å². The number of anilines is 1. The Labute approximate surface area is 203 Å². The predicted octanol–water partition coefficient (Wildman–Crippen LogP) is 4.31. The molecule has 5 aromatic heterocycles. The number of benzene rings is 1. The van der Waals surface area contributed by atoms with Gasteiger partial charge in [-0.2, -0.15) is 10.2 Å². The topological polar surface area (TPSA) is 113 Å². The Hall–Kier alpha value is -4.80. The minimum absolute atomic E-state index is 0.286. The van der Waals surface area contributed by atoms with Gasteiger partial charge in [0.2, 0.25) is 0 Å². The van der Waals surface area contributed by atoms with Gasteiger partial charge in [0.05, 0.1) is 35.0 Å². The Balaban J connectivity index is 1.61. The molecular formula is C25H19F2N9. The van der Waals surface area contributed by atoms with E-state index in [1.807, 2.05) is 20.2 Å². The summed E-state index contributed by atoms with van der Waals surface area (Å²) in [6, 6.07) is 7.03. The maximum atomic E-state index is 14.1. The minimum Gasteiger partial charge on any atom is -0.383 e. The molecule has 1 unspecified atom stereocenters. The van der Waals surface area contributed by atoms with Gasteiger partial charge in [0, 0.05) is 41.5 Å². The first-order valence-electron chi connectivity index (χ1n) is 11.1. The number of nitrogens with two attached hydrogens (primary N) is 1. The van der Waals surface area contributed by atoms with Crippen LogP contribution in [0, 0.1) is 11.6 Å². The van der Waals surface area contributed by atoms with Crippen molar-refractivity contribution in [2.45, 2.75) is 13.0 Å². The van der Waals surface area contributed by atoms with E-state index in [0.717, 1.165) is 11.8 Å². The molecule has 0 aliphatic carbocycles. The Bertz CT molecular complexity index is 1770. The van der Waals surface area contributed by atoms with Crippen LogP contribution in [0.15, 0.2) is 61.4 Å². The van der Waals surface area contributed by atoms with E-state index in [4.69, 9.17) is 15.8 Å². The zero-order valence-electron chi connectivity index (χ0n) is 19.3. The standard InChI is InChI=1S/C25H19F2N9/c1-13(36-25-21(24(28)30-12-31-25)23(34-36)16-9-32-35(2)11-16)22-19(15-6-18(27)10-29-8-15)7-14-5-17(26)3-4-20(14)33-22/h3-13H,1-2H3,(H2,28,30,31). The average molecular weight is 483 g/mol. The summed E-state index contributed by atoms with van der Waals surface area (Å²) in [6.45, 7) is 1.91. The van der Waals surface area contributed by atoms with Crippen molar-refractivity contribution in [1.29, 1.82) is 0 Å². The van der Waals surface area contributed by atoms with E-state index in [2.05, 4.69) is 20.1 Å². The summed E-state index contributed by atoms with van der Waals surface area (Å²) >= 11 is 0. The highest BCUT2D eigenvalue weighted by Crippen LogP contribution is 2.36. The predicted molar refractivity (Wildman–Crippen MR) is 131 cm³/mol. The van der Waals surface area contributed by atoms with E-state index >= 15 is 0 Å². The molecule has 0 aliphatic heterocycles. The van der Waals surface area contributed by atoms with Gasteiger partial charge in [0.15, 0.2) is 5.65 Å². The van der Waals surface area contributed by atoms with Crippen LogP contribution >= 0.6 is 0 Å². The summed E-state index contributed by atoms with van der Waals surface area (Å²) in [4.78, 5) is 17.5. The number of hydrogen-bond acceptors (Lipinski definition) is 7. The lowest BCUT2D eigenvalue weighted by Crippen LogP contribution is -2.13. The molecule has 1 atom stereocenters. The molecular weight excluding hydrogens is 464 g/mol. The minimum atomic E-state index is -0.491. The van der Waals surface area contributed by atoms with Gasteiger partial charge in [-0.1, -0.05) is 0 Å². The smallest absolute Gasteiger partial charge is 0.164 e. The lowest BCUT2D eigenvalue weighted by Gasteiger charge is -2.18. The maximum absolute atomic E-state index is 14.1. The molecule has 1 aromatic carbocycles. The Morgan fingerprint density at radius 1 is 0.972 bits per heavy atom. The molecule has 0 saturated heterocycles. The Morgan fingerprint density at radius 2 is 1.83 bits per heavy atom. The fourth-order valence-electron chi connectivity index (χ4n) is 4.40. The van der Waals surface area contributed by atoms with Crippen LogP contribution in [0.1, 0.15) is 18.7 Å². The second-order valence-corrected chi connectivity index (χ2v) is 8.48. The first-order valence-corrected chi connectivity index (χ1v) is 11.1. The van der Waals surface area contributed by atoms with Crippen molar-refractivity contribution >= 4 is 27.8 Å². The van der Waals surface area contributed by atoms with Crippen LogP contribution in [0.2, 0.25) is 0 Å². The quantitative estimate of drug-likeness (QED) is 0.398. The first kappa shape index (κ1) is 21.7. The molecule has 0 aliphatic rings. The number of aryl methyl sites for hydroxylation is 1. The van der Waals surface area contributed by atoms with E-state index in [9.17, 15) is 8.78 Å². The van der Waals surface area contributed by atoms with E-state index < -0.39 is 11.9 Å². The van der Waals surface area contributed by atoms with Crippen molar-refractivity contribution in [2.75, 3.05) is 5.73 Å². The highest BCUT2D eigenvalue weighted by atomic mass is 19.1. The molecule has 0 fully saturated rings. The molecule has 6 rings (SSSR count). The third-order valence-corrected chi connectivity index (χ3v) is 6.08. The number of nitrogen functional groups attached to an aromatic ring is 1. The monoisotopic (exact) mass is 483 g/mol. The van der Waals surface area contributed by atoms with Crippen molar-refractivity contribution in [1.82, 2.24) is 39.5 Å². The average Bonchev–Trinajstić information content (AvgIpc) is 3.47. The number of hydrogen-bond donors (Lipinski definition) is 1. The van der Waals surface area contributed by atoms with Gasteiger partial charge in [-0.3, -0.25) is 9.67 Å². The van der Waals surface area contributed by atoms with E-state index in [1.165, 1.54) is 24.5 Å². The SMILES string of the molecule is CC(c1nc2ccc(F)cc2cc1-c1cncc(F)c1)n1nc(-c2cnn(C)c2)c2c(N)ncnc21. The summed E-state index contributed by atoms with van der Waals surface area (Å²) in [5.74, 6) is -0.595. The van der Waals surface area contributed by atoms with Crippen molar-refractivity contribution in [3.8, 4) is 22.4 Å². The van der Waals surface area contributed by atoms with Crippen LogP contribution in [0.4, 0.5) is 14.6 Å². The third kappa shape index (κ3) is 3.52. The van der Waals surface area contributed by atoms with Crippen molar-refractivity contribution in [3.05, 3.63) is 78.8 Å². The molecule has 0 saturated carbocycles. The molecule has 11 heteroatoms. The van der Waals surface area contributed by atoms with Gasteiger partial charge in [0.25, 0.3) is 0 Å². The zero-order chi connectivity index (χ0) is 25.0. The first-order chi connectivity index (χ1) is 17.4. The zero-order valence-corrected chi connectivity index (χ0v) is 19.3. The fourth-order valence-corrected chi connectivity index (χ4v) is 4.40. The van der Waals surface area contributed by atoms with E-state index in [-0.39, 0.29) is 11.6 Å². The number of fused-ring (bicyclic) bond motifs is 2. The highest BCUT2D eigenvalue weighted by molar-refractivity contribution is 5.98. The van der Waals surface area contributed by atoms with Gasteiger partial charge >= 0.3 is 0 Å². The van der Waals surface area contributed by atoms with Gasteiger partial charge in [0.1, 0.15) is 29.5 Å². The summed E-state index contributed by atoms with van der Waals surface area (Å²) in [7, 11) is 1.81. The second-order valence-electron chi connectivity index (χ2n) is 8.48. The van der Waals surface area contributed by atoms with Crippen LogP contribution < -0.4 is 5.73 Å². The second kappa shape index (κ2) is 8.15. The van der Waals surface area contributed by atoms with Gasteiger partial charge < -0.3 is 5.73 Å². The summed E-state index contributed by atoms with van der Waals surface area (Å²) < 4.78 is 31.5. The summed E-state index contributed by atoms with van der Waals surface area (Å²) in [6.07, 6.45) is 7.57. The number of rotatable bonds is 4. The molecule has 36 heavy (non-hydrogen) atoms. The molecule has 9 nitrogen and oxygen atoms in total. The maximum Gasteiger partial charge on any atom is 0.164 e. The van der Waals surface area contributed by atoms with Crippen molar-refractivity contribution < 1.29 is 8.78 Å². The van der Waals surface area contributed by atoms with Crippen LogP contribution in [0.3, 0.4) is 0 Å². The molecule has 5 heterocycles.